The fourth-order valence-corrected chi connectivity index (χ4v) is 3.63. The Morgan fingerprint density at radius 1 is 1.17 bits per heavy atom. The molecule has 0 unspecified atom stereocenters. The molecule has 23 heavy (non-hydrogen) atoms. The van der Waals surface area contributed by atoms with Crippen LogP contribution >= 0.6 is 0 Å². The van der Waals surface area contributed by atoms with Crippen molar-refractivity contribution in [2.75, 3.05) is 13.1 Å². The van der Waals surface area contributed by atoms with Gasteiger partial charge in [0.05, 0.1) is 23.3 Å². The maximum atomic E-state index is 13.0. The van der Waals surface area contributed by atoms with Crippen LogP contribution in [0.1, 0.15) is 28.8 Å². The number of alkyl halides is 3. The standard InChI is InChI=1S/C16H19F3N2O2/c17-16(18,19)12-4-2-1-3-11(12)15(23)21-13-5-9-7-20-8-10(9)6-14(13)22/h1-4,9-10,13-14,20,22H,5-8H2,(H,21,23)/t9-,10+,13-,14-/m0/s1. The summed E-state index contributed by atoms with van der Waals surface area (Å²) in [6.45, 7) is 1.67. The first-order valence-electron chi connectivity index (χ1n) is 7.72. The van der Waals surface area contributed by atoms with Crippen molar-refractivity contribution in [1.82, 2.24) is 10.6 Å². The Hall–Kier alpha value is -1.60. The number of fused-ring (bicyclic) bond motifs is 1. The molecule has 2 fully saturated rings. The number of aliphatic hydroxyl groups is 1. The Morgan fingerprint density at radius 2 is 1.83 bits per heavy atom. The molecule has 0 spiro atoms. The molecule has 1 saturated carbocycles. The summed E-state index contributed by atoms with van der Waals surface area (Å²) >= 11 is 0. The predicted molar refractivity (Wildman–Crippen MR) is 77.8 cm³/mol. The van der Waals surface area contributed by atoms with E-state index in [0.29, 0.717) is 24.7 Å². The summed E-state index contributed by atoms with van der Waals surface area (Å²) < 4.78 is 39.0. The average molecular weight is 328 g/mol. The number of carbonyl (C=O) groups is 1. The summed E-state index contributed by atoms with van der Waals surface area (Å²) in [5, 5.41) is 16.0. The van der Waals surface area contributed by atoms with Crippen molar-refractivity contribution in [2.45, 2.75) is 31.2 Å². The topological polar surface area (TPSA) is 61.4 Å². The first-order valence-corrected chi connectivity index (χ1v) is 7.72. The highest BCUT2D eigenvalue weighted by molar-refractivity contribution is 5.96. The molecular formula is C16H19F3N2O2. The Labute approximate surface area is 132 Å². The molecule has 0 bridgehead atoms. The van der Waals surface area contributed by atoms with Crippen molar-refractivity contribution in [3.63, 3.8) is 0 Å². The molecule has 4 nitrogen and oxygen atoms in total. The largest absolute Gasteiger partial charge is 0.417 e. The summed E-state index contributed by atoms with van der Waals surface area (Å²) in [6, 6.07) is 4.20. The van der Waals surface area contributed by atoms with Crippen LogP contribution in [0.2, 0.25) is 0 Å². The van der Waals surface area contributed by atoms with Gasteiger partial charge in [-0.05, 0) is 49.9 Å². The van der Waals surface area contributed by atoms with E-state index in [1.807, 2.05) is 0 Å². The lowest BCUT2D eigenvalue weighted by atomic mass is 9.77. The molecule has 0 aromatic heterocycles. The monoisotopic (exact) mass is 328 g/mol. The number of halogens is 3. The number of rotatable bonds is 2. The average Bonchev–Trinajstić information content (AvgIpc) is 2.93. The fourth-order valence-electron chi connectivity index (χ4n) is 3.63. The van der Waals surface area contributed by atoms with E-state index >= 15 is 0 Å². The van der Waals surface area contributed by atoms with Crippen LogP contribution in [0.3, 0.4) is 0 Å². The molecule has 2 aliphatic rings. The third-order valence-electron chi connectivity index (χ3n) is 4.84. The molecule has 1 aromatic rings. The molecule has 3 rings (SSSR count). The van der Waals surface area contributed by atoms with Crippen molar-refractivity contribution < 1.29 is 23.1 Å². The van der Waals surface area contributed by atoms with Gasteiger partial charge in [-0.25, -0.2) is 0 Å². The van der Waals surface area contributed by atoms with E-state index in [1.54, 1.807) is 0 Å². The van der Waals surface area contributed by atoms with Gasteiger partial charge in [0.15, 0.2) is 0 Å². The Morgan fingerprint density at radius 3 is 2.52 bits per heavy atom. The van der Waals surface area contributed by atoms with Gasteiger partial charge in [-0.2, -0.15) is 13.2 Å². The van der Waals surface area contributed by atoms with E-state index in [0.717, 1.165) is 25.2 Å². The molecule has 7 heteroatoms. The highest BCUT2D eigenvalue weighted by Gasteiger charge is 2.40. The van der Waals surface area contributed by atoms with E-state index in [1.165, 1.54) is 12.1 Å². The number of hydrogen-bond donors (Lipinski definition) is 3. The normalized spacial score (nSPS) is 30.8. The van der Waals surface area contributed by atoms with Gasteiger partial charge in [0.2, 0.25) is 0 Å². The van der Waals surface area contributed by atoms with Gasteiger partial charge in [0, 0.05) is 0 Å². The fraction of sp³-hybridized carbons (Fsp3) is 0.562. The van der Waals surface area contributed by atoms with Crippen molar-refractivity contribution >= 4 is 5.91 Å². The van der Waals surface area contributed by atoms with Crippen LogP contribution in [0, 0.1) is 11.8 Å². The highest BCUT2D eigenvalue weighted by Crippen LogP contribution is 2.34. The zero-order chi connectivity index (χ0) is 16.6. The van der Waals surface area contributed by atoms with Crippen LogP contribution in [-0.4, -0.2) is 36.2 Å². The minimum absolute atomic E-state index is 0.349. The first kappa shape index (κ1) is 16.3. The molecule has 1 amide bonds. The SMILES string of the molecule is O=C(N[C@H]1C[C@H]2CNC[C@H]2C[C@@H]1O)c1ccccc1C(F)(F)F. The molecule has 1 saturated heterocycles. The van der Waals surface area contributed by atoms with Crippen molar-refractivity contribution in [3.8, 4) is 0 Å². The number of amides is 1. The second-order valence-corrected chi connectivity index (χ2v) is 6.34. The summed E-state index contributed by atoms with van der Waals surface area (Å²) in [7, 11) is 0. The van der Waals surface area contributed by atoms with Gasteiger partial charge in [-0.1, -0.05) is 12.1 Å². The summed E-state index contributed by atoms with van der Waals surface area (Å²) in [4.78, 5) is 12.3. The smallest absolute Gasteiger partial charge is 0.391 e. The number of aliphatic hydroxyl groups excluding tert-OH is 1. The molecule has 126 valence electrons. The molecular weight excluding hydrogens is 309 g/mol. The predicted octanol–water partition coefficient (Wildman–Crippen LogP) is 1.79. The third-order valence-corrected chi connectivity index (χ3v) is 4.84. The summed E-state index contributed by atoms with van der Waals surface area (Å²) in [5.41, 5.74) is -1.36. The van der Waals surface area contributed by atoms with Gasteiger partial charge in [0.1, 0.15) is 0 Å². The van der Waals surface area contributed by atoms with Gasteiger partial charge >= 0.3 is 6.18 Å². The van der Waals surface area contributed by atoms with Crippen LogP contribution in [-0.2, 0) is 6.18 Å². The number of benzene rings is 1. The maximum Gasteiger partial charge on any atom is 0.417 e. The van der Waals surface area contributed by atoms with Gasteiger partial charge in [0.25, 0.3) is 5.91 Å². The van der Waals surface area contributed by atoms with E-state index in [4.69, 9.17) is 0 Å². The number of carbonyl (C=O) groups excluding carboxylic acids is 1. The molecule has 0 radical (unpaired) electrons. The molecule has 1 aliphatic heterocycles. The van der Waals surface area contributed by atoms with E-state index < -0.39 is 35.4 Å². The molecule has 1 heterocycles. The lowest BCUT2D eigenvalue weighted by Crippen LogP contribution is -2.49. The number of nitrogens with one attached hydrogen (secondary N) is 2. The second kappa shape index (κ2) is 6.13. The van der Waals surface area contributed by atoms with Crippen LogP contribution < -0.4 is 10.6 Å². The Kier molecular flexibility index (Phi) is 4.33. The van der Waals surface area contributed by atoms with Gasteiger partial charge in [-0.3, -0.25) is 4.79 Å². The Bertz CT molecular complexity index is 591. The molecule has 1 aromatic carbocycles. The van der Waals surface area contributed by atoms with Crippen LogP contribution in [0.25, 0.3) is 0 Å². The van der Waals surface area contributed by atoms with E-state index in [9.17, 15) is 23.1 Å². The van der Waals surface area contributed by atoms with Crippen LogP contribution in [0.5, 0.6) is 0 Å². The molecule has 4 atom stereocenters. The lowest BCUT2D eigenvalue weighted by molar-refractivity contribution is -0.137. The van der Waals surface area contributed by atoms with Gasteiger partial charge in [-0.15, -0.1) is 0 Å². The van der Waals surface area contributed by atoms with E-state index in [-0.39, 0.29) is 0 Å². The maximum absolute atomic E-state index is 13.0. The Balaban J connectivity index is 1.75. The zero-order valence-corrected chi connectivity index (χ0v) is 12.4. The first-order chi connectivity index (χ1) is 10.9. The summed E-state index contributed by atoms with van der Waals surface area (Å²) in [6.07, 6.45) is -4.17. The zero-order valence-electron chi connectivity index (χ0n) is 12.4. The lowest BCUT2D eigenvalue weighted by Gasteiger charge is -2.35. The van der Waals surface area contributed by atoms with Crippen LogP contribution in [0.4, 0.5) is 13.2 Å². The quantitative estimate of drug-likeness (QED) is 0.776. The van der Waals surface area contributed by atoms with Crippen molar-refractivity contribution in [1.29, 1.82) is 0 Å². The summed E-state index contributed by atoms with van der Waals surface area (Å²) in [5.74, 6) is -0.0615. The molecule has 3 N–H and O–H groups in total. The van der Waals surface area contributed by atoms with Crippen LogP contribution in [0.15, 0.2) is 24.3 Å². The van der Waals surface area contributed by atoms with Crippen molar-refractivity contribution in [2.24, 2.45) is 11.8 Å². The number of hydrogen-bond acceptors (Lipinski definition) is 3. The highest BCUT2D eigenvalue weighted by atomic mass is 19.4. The van der Waals surface area contributed by atoms with E-state index in [2.05, 4.69) is 10.6 Å². The second-order valence-electron chi connectivity index (χ2n) is 6.34. The third kappa shape index (κ3) is 3.35. The minimum Gasteiger partial charge on any atom is -0.391 e. The minimum atomic E-state index is -4.58. The van der Waals surface area contributed by atoms with Gasteiger partial charge < -0.3 is 15.7 Å². The molecule has 1 aliphatic carbocycles. The van der Waals surface area contributed by atoms with Crippen molar-refractivity contribution in [3.05, 3.63) is 35.4 Å².